The fourth-order valence-corrected chi connectivity index (χ4v) is 3.30. The number of nitrogens with one attached hydrogen (secondary N) is 1. The molecule has 0 aromatic carbocycles. The number of thiophene rings is 1. The summed E-state index contributed by atoms with van der Waals surface area (Å²) in [5.41, 5.74) is 5.55. The Morgan fingerprint density at radius 2 is 2.32 bits per heavy atom. The average molecular weight is 337 g/mol. The number of primary amides is 1. The number of aryl methyl sites for hydroxylation is 1. The van der Waals surface area contributed by atoms with E-state index in [1.807, 2.05) is 11.5 Å². The van der Waals surface area contributed by atoms with Crippen molar-refractivity contribution in [3.63, 3.8) is 0 Å². The van der Waals surface area contributed by atoms with Crippen LogP contribution in [-0.2, 0) is 11.3 Å². The zero-order valence-corrected chi connectivity index (χ0v) is 13.5. The molecule has 0 aliphatic carbocycles. The molecule has 7 nitrogen and oxygen atoms in total. The largest absolute Gasteiger partial charge is 0.366 e. The molecule has 0 spiro atoms. The number of carbonyl (C=O) groups is 2. The van der Waals surface area contributed by atoms with Crippen LogP contribution < -0.4 is 11.1 Å². The Morgan fingerprint density at radius 1 is 1.55 bits per heavy atom. The van der Waals surface area contributed by atoms with Crippen LogP contribution in [-0.4, -0.2) is 32.3 Å². The minimum atomic E-state index is -0.564. The highest BCUT2D eigenvalue weighted by Gasteiger charge is 2.14. The third-order valence-electron chi connectivity index (χ3n) is 2.73. The van der Waals surface area contributed by atoms with Gasteiger partial charge in [0.2, 0.25) is 5.91 Å². The topological polar surface area (TPSA) is 103 Å². The first kappa shape index (κ1) is 16.2. The minimum Gasteiger partial charge on any atom is -0.366 e. The summed E-state index contributed by atoms with van der Waals surface area (Å²) in [5, 5.41) is 13.5. The Morgan fingerprint density at radius 3 is 3.00 bits per heavy atom. The van der Waals surface area contributed by atoms with E-state index in [9.17, 15) is 9.59 Å². The van der Waals surface area contributed by atoms with Gasteiger partial charge < -0.3 is 15.6 Å². The van der Waals surface area contributed by atoms with Crippen LogP contribution in [0.25, 0.3) is 0 Å². The van der Waals surface area contributed by atoms with Crippen molar-refractivity contribution in [3.8, 4) is 0 Å². The molecule has 0 saturated heterocycles. The summed E-state index contributed by atoms with van der Waals surface area (Å²) in [4.78, 5) is 23.2. The number of anilines is 1. The first-order valence-corrected chi connectivity index (χ1v) is 8.20. The van der Waals surface area contributed by atoms with Crippen LogP contribution in [0.2, 0.25) is 0 Å². The number of nitrogens with zero attached hydrogens (tertiary/aromatic N) is 3. The molecule has 2 heterocycles. The molecule has 0 atom stereocenters. The van der Waals surface area contributed by atoms with Crippen LogP contribution in [0.5, 0.6) is 0 Å². The maximum Gasteiger partial charge on any atom is 0.251 e. The van der Waals surface area contributed by atoms with E-state index in [4.69, 9.17) is 5.73 Å². The molecular weight excluding hydrogens is 322 g/mol. The van der Waals surface area contributed by atoms with Crippen LogP contribution in [0.1, 0.15) is 16.2 Å². The summed E-state index contributed by atoms with van der Waals surface area (Å²) >= 11 is 2.52. The Balaban J connectivity index is 1.97. The molecular formula is C13H15N5O2S2. The fourth-order valence-electron chi connectivity index (χ4n) is 1.70. The Bertz CT molecular complexity index is 707. The predicted octanol–water partition coefficient (Wildman–Crippen LogP) is 1.66. The van der Waals surface area contributed by atoms with Gasteiger partial charge in [-0.15, -0.1) is 28.1 Å². The Kier molecular flexibility index (Phi) is 5.34. The standard InChI is InChI=1S/C13H15N5O2S2/c1-3-5-18-8(2)16-17-13(18)22-7-10(19)15-12-9(11(14)20)4-6-21-12/h3-4,6H,1,5,7H2,2H3,(H2,14,20)(H,15,19). The lowest BCUT2D eigenvalue weighted by Gasteiger charge is -2.06. The van der Waals surface area contributed by atoms with E-state index in [0.717, 1.165) is 5.82 Å². The molecule has 3 N–H and O–H groups in total. The zero-order valence-electron chi connectivity index (χ0n) is 11.9. The summed E-state index contributed by atoms with van der Waals surface area (Å²) in [6.45, 7) is 6.10. The SMILES string of the molecule is C=CCn1c(C)nnc1SCC(=O)Nc1sccc1C(N)=O. The molecule has 22 heavy (non-hydrogen) atoms. The van der Waals surface area contributed by atoms with Gasteiger partial charge in [0, 0.05) is 6.54 Å². The molecule has 2 rings (SSSR count). The quantitative estimate of drug-likeness (QED) is 0.591. The van der Waals surface area contributed by atoms with Crippen LogP contribution in [0.4, 0.5) is 5.00 Å². The molecule has 0 bridgehead atoms. The summed E-state index contributed by atoms with van der Waals surface area (Å²) in [7, 11) is 0. The third kappa shape index (κ3) is 3.74. The number of amides is 2. The second-order valence-electron chi connectivity index (χ2n) is 4.29. The van der Waals surface area contributed by atoms with Gasteiger partial charge in [-0.25, -0.2) is 0 Å². The lowest BCUT2D eigenvalue weighted by Crippen LogP contribution is -2.18. The monoisotopic (exact) mass is 337 g/mol. The van der Waals surface area contributed by atoms with Crippen molar-refractivity contribution in [2.24, 2.45) is 5.73 Å². The molecule has 0 radical (unpaired) electrons. The number of hydrogen-bond donors (Lipinski definition) is 2. The minimum absolute atomic E-state index is 0.158. The molecule has 0 unspecified atom stereocenters. The van der Waals surface area contributed by atoms with Gasteiger partial charge in [-0.1, -0.05) is 17.8 Å². The van der Waals surface area contributed by atoms with Gasteiger partial charge in [0.25, 0.3) is 5.91 Å². The van der Waals surface area contributed by atoms with Crippen molar-refractivity contribution in [1.29, 1.82) is 0 Å². The van der Waals surface area contributed by atoms with E-state index in [-0.39, 0.29) is 11.7 Å². The van der Waals surface area contributed by atoms with E-state index >= 15 is 0 Å². The molecule has 0 aliphatic rings. The molecule has 9 heteroatoms. The predicted molar refractivity (Wildman–Crippen MR) is 87.1 cm³/mol. The highest BCUT2D eigenvalue weighted by Crippen LogP contribution is 2.23. The Labute approximate surface area is 135 Å². The van der Waals surface area contributed by atoms with Gasteiger partial charge in [0.1, 0.15) is 10.8 Å². The average Bonchev–Trinajstić information content (AvgIpc) is 3.06. The molecule has 2 aromatic heterocycles. The van der Waals surface area contributed by atoms with Gasteiger partial charge in [-0.2, -0.15) is 0 Å². The number of thioether (sulfide) groups is 1. The molecule has 116 valence electrons. The second-order valence-corrected chi connectivity index (χ2v) is 6.15. The molecule has 2 aromatic rings. The van der Waals surface area contributed by atoms with Crippen LogP contribution >= 0.6 is 23.1 Å². The van der Waals surface area contributed by atoms with Gasteiger partial charge in [0.05, 0.1) is 11.3 Å². The van der Waals surface area contributed by atoms with E-state index in [2.05, 4.69) is 22.1 Å². The summed E-state index contributed by atoms with van der Waals surface area (Å²) in [6.07, 6.45) is 1.74. The van der Waals surface area contributed by atoms with E-state index in [0.29, 0.717) is 22.3 Å². The smallest absolute Gasteiger partial charge is 0.251 e. The fraction of sp³-hybridized carbons (Fsp3) is 0.231. The van der Waals surface area contributed by atoms with Crippen LogP contribution in [0, 0.1) is 6.92 Å². The van der Waals surface area contributed by atoms with Gasteiger partial charge in [0.15, 0.2) is 5.16 Å². The molecule has 2 amide bonds. The normalized spacial score (nSPS) is 10.4. The van der Waals surface area contributed by atoms with Gasteiger partial charge in [-0.05, 0) is 18.4 Å². The summed E-state index contributed by atoms with van der Waals surface area (Å²) < 4.78 is 1.87. The number of allylic oxidation sites excluding steroid dienone is 1. The maximum atomic E-state index is 12.0. The molecule has 0 saturated carbocycles. The van der Waals surface area contributed by atoms with Crippen molar-refractivity contribution in [1.82, 2.24) is 14.8 Å². The number of aromatic nitrogens is 3. The van der Waals surface area contributed by atoms with Gasteiger partial charge >= 0.3 is 0 Å². The van der Waals surface area contributed by atoms with Gasteiger partial charge in [-0.3, -0.25) is 9.59 Å². The number of hydrogen-bond acceptors (Lipinski definition) is 6. The van der Waals surface area contributed by atoms with Crippen molar-refractivity contribution >= 4 is 39.9 Å². The number of rotatable bonds is 7. The Hall–Kier alpha value is -2.13. The lowest BCUT2D eigenvalue weighted by molar-refractivity contribution is -0.113. The van der Waals surface area contributed by atoms with E-state index in [1.165, 1.54) is 23.1 Å². The second kappa shape index (κ2) is 7.23. The molecule has 0 aliphatic heterocycles. The van der Waals surface area contributed by atoms with E-state index < -0.39 is 5.91 Å². The van der Waals surface area contributed by atoms with Crippen molar-refractivity contribution in [3.05, 3.63) is 35.5 Å². The third-order valence-corrected chi connectivity index (χ3v) is 4.53. The highest BCUT2D eigenvalue weighted by atomic mass is 32.2. The number of nitrogens with two attached hydrogens (primary N) is 1. The summed E-state index contributed by atoms with van der Waals surface area (Å²) in [6, 6.07) is 1.58. The summed E-state index contributed by atoms with van der Waals surface area (Å²) in [5.74, 6) is 0.120. The van der Waals surface area contributed by atoms with Crippen LogP contribution in [0.3, 0.4) is 0 Å². The maximum absolute atomic E-state index is 12.0. The van der Waals surface area contributed by atoms with Crippen LogP contribution in [0.15, 0.2) is 29.3 Å². The molecule has 0 fully saturated rings. The highest BCUT2D eigenvalue weighted by molar-refractivity contribution is 7.99. The zero-order chi connectivity index (χ0) is 16.1. The van der Waals surface area contributed by atoms with Crippen molar-refractivity contribution < 1.29 is 9.59 Å². The first-order chi connectivity index (χ1) is 10.5. The van der Waals surface area contributed by atoms with E-state index in [1.54, 1.807) is 17.5 Å². The van der Waals surface area contributed by atoms with Crippen molar-refractivity contribution in [2.75, 3.05) is 11.1 Å². The first-order valence-electron chi connectivity index (χ1n) is 6.33. The van der Waals surface area contributed by atoms with Crippen molar-refractivity contribution in [2.45, 2.75) is 18.6 Å². The number of carbonyl (C=O) groups excluding carboxylic acids is 2. The lowest BCUT2D eigenvalue weighted by atomic mass is 10.3.